The van der Waals surface area contributed by atoms with Gasteiger partial charge in [-0.2, -0.15) is 0 Å². The molecule has 0 saturated heterocycles. The maximum atomic E-state index is 12.1. The van der Waals surface area contributed by atoms with Gasteiger partial charge in [-0.1, -0.05) is 42.0 Å². The maximum Gasteiger partial charge on any atom is 0.321 e. The molecule has 1 unspecified atom stereocenters. The van der Waals surface area contributed by atoms with Crippen LogP contribution in [-0.2, 0) is 4.79 Å². The number of hydrogen-bond donors (Lipinski definition) is 3. The Labute approximate surface area is 161 Å². The summed E-state index contributed by atoms with van der Waals surface area (Å²) in [5, 5.41) is 5.25. The predicted molar refractivity (Wildman–Crippen MR) is 107 cm³/mol. The molecule has 0 radical (unpaired) electrons. The average molecular weight is 369 g/mol. The van der Waals surface area contributed by atoms with Gasteiger partial charge < -0.3 is 10.2 Å². The molecule has 1 atom stereocenters. The van der Waals surface area contributed by atoms with Crippen molar-refractivity contribution in [1.82, 2.24) is 10.6 Å². The Morgan fingerprint density at radius 1 is 1.04 bits per heavy atom. The maximum absolute atomic E-state index is 12.1. The summed E-state index contributed by atoms with van der Waals surface area (Å²) in [6, 6.07) is 9.98. The van der Waals surface area contributed by atoms with E-state index in [1.165, 1.54) is 34.5 Å². The van der Waals surface area contributed by atoms with Gasteiger partial charge in [0, 0.05) is 13.0 Å². The zero-order valence-corrected chi connectivity index (χ0v) is 15.9. The molecular formula is C22H30N3O2+. The minimum Gasteiger partial charge on any atom is -0.337 e. The number of hydrogen-bond acceptors (Lipinski definition) is 2. The number of benzene rings is 1. The molecule has 3 rings (SSSR count). The number of urea groups is 1. The summed E-state index contributed by atoms with van der Waals surface area (Å²) < 4.78 is 0. The molecule has 0 aromatic heterocycles. The minimum atomic E-state index is -0.381. The fourth-order valence-corrected chi connectivity index (χ4v) is 3.77. The van der Waals surface area contributed by atoms with E-state index in [4.69, 9.17) is 0 Å². The zero-order chi connectivity index (χ0) is 18.9. The number of quaternary nitrogens is 1. The van der Waals surface area contributed by atoms with Crippen molar-refractivity contribution in [3.05, 3.63) is 53.6 Å². The number of nitrogens with one attached hydrogen (secondary N) is 3. The van der Waals surface area contributed by atoms with Gasteiger partial charge in [0.05, 0.1) is 13.1 Å². The first kappa shape index (κ1) is 19.4. The Balaban J connectivity index is 1.35. The van der Waals surface area contributed by atoms with Gasteiger partial charge in [0.25, 0.3) is 5.91 Å². The first-order valence-corrected chi connectivity index (χ1v) is 10.0. The second-order valence-corrected chi connectivity index (χ2v) is 7.39. The average Bonchev–Trinajstić information content (AvgIpc) is 2.70. The van der Waals surface area contributed by atoms with E-state index >= 15 is 0 Å². The topological polar surface area (TPSA) is 62.6 Å². The summed E-state index contributed by atoms with van der Waals surface area (Å²) in [5.41, 5.74) is 4.02. The van der Waals surface area contributed by atoms with E-state index in [0.717, 1.165) is 38.8 Å². The molecule has 0 bridgehead atoms. The molecule has 3 N–H and O–H groups in total. The molecule has 1 aliphatic carbocycles. The van der Waals surface area contributed by atoms with Crippen molar-refractivity contribution in [2.24, 2.45) is 0 Å². The Bertz CT molecular complexity index is 710. The third-order valence-corrected chi connectivity index (χ3v) is 5.31. The lowest BCUT2D eigenvalue weighted by Crippen LogP contribution is -3.13. The number of carbonyl (C=O) groups is 2. The van der Waals surface area contributed by atoms with Gasteiger partial charge in [0.1, 0.15) is 0 Å². The second kappa shape index (κ2) is 10.1. The molecule has 144 valence electrons. The predicted octanol–water partition coefficient (Wildman–Crippen LogP) is 2.07. The molecule has 1 aromatic carbocycles. The number of imide groups is 1. The SMILES string of the molecule is O=C(C[NH+]1CC=C(c2ccccc2)CC1)NC(=O)NCCC1=CCCCC1. The quantitative estimate of drug-likeness (QED) is 0.673. The van der Waals surface area contributed by atoms with Crippen LogP contribution in [0.1, 0.15) is 44.1 Å². The van der Waals surface area contributed by atoms with E-state index in [-0.39, 0.29) is 11.9 Å². The summed E-state index contributed by atoms with van der Waals surface area (Å²) >= 11 is 0. The second-order valence-electron chi connectivity index (χ2n) is 7.39. The highest BCUT2D eigenvalue weighted by Crippen LogP contribution is 2.19. The summed E-state index contributed by atoms with van der Waals surface area (Å²) in [6.45, 7) is 2.64. The van der Waals surface area contributed by atoms with E-state index in [2.05, 4.69) is 34.9 Å². The van der Waals surface area contributed by atoms with Crippen LogP contribution in [0.4, 0.5) is 4.79 Å². The van der Waals surface area contributed by atoms with E-state index in [1.54, 1.807) is 0 Å². The largest absolute Gasteiger partial charge is 0.337 e. The van der Waals surface area contributed by atoms with Crippen LogP contribution in [0.25, 0.3) is 5.57 Å². The smallest absolute Gasteiger partial charge is 0.321 e. The fourth-order valence-electron chi connectivity index (χ4n) is 3.77. The highest BCUT2D eigenvalue weighted by molar-refractivity contribution is 5.94. The highest BCUT2D eigenvalue weighted by Gasteiger charge is 2.20. The van der Waals surface area contributed by atoms with Gasteiger partial charge in [-0.3, -0.25) is 10.1 Å². The number of allylic oxidation sites excluding steroid dienone is 1. The Hall–Kier alpha value is -2.40. The molecule has 3 amide bonds. The molecule has 2 aliphatic rings. The summed E-state index contributed by atoms with van der Waals surface area (Å²) in [4.78, 5) is 25.2. The first-order chi connectivity index (χ1) is 13.2. The van der Waals surface area contributed by atoms with E-state index < -0.39 is 0 Å². The van der Waals surface area contributed by atoms with Crippen molar-refractivity contribution < 1.29 is 14.5 Å². The number of rotatable bonds is 6. The van der Waals surface area contributed by atoms with Crippen LogP contribution in [0.3, 0.4) is 0 Å². The molecular weight excluding hydrogens is 338 g/mol. The zero-order valence-electron chi connectivity index (χ0n) is 15.9. The molecule has 1 heterocycles. The molecule has 27 heavy (non-hydrogen) atoms. The van der Waals surface area contributed by atoms with Crippen molar-refractivity contribution in [3.8, 4) is 0 Å². The van der Waals surface area contributed by atoms with Crippen LogP contribution < -0.4 is 15.5 Å². The van der Waals surface area contributed by atoms with Crippen molar-refractivity contribution >= 4 is 17.5 Å². The molecule has 1 aliphatic heterocycles. The van der Waals surface area contributed by atoms with Crippen LogP contribution in [0.2, 0.25) is 0 Å². The Kier molecular flexibility index (Phi) is 7.22. The molecule has 0 fully saturated rings. The minimum absolute atomic E-state index is 0.212. The normalized spacial score (nSPS) is 19.6. The molecule has 5 heteroatoms. The third kappa shape index (κ3) is 6.36. The Morgan fingerprint density at radius 2 is 1.89 bits per heavy atom. The van der Waals surface area contributed by atoms with Crippen LogP contribution in [0.5, 0.6) is 0 Å². The van der Waals surface area contributed by atoms with Crippen molar-refractivity contribution in [2.75, 3.05) is 26.2 Å². The summed E-state index contributed by atoms with van der Waals surface area (Å²) in [5.74, 6) is -0.212. The first-order valence-electron chi connectivity index (χ1n) is 10.0. The fraction of sp³-hybridized carbons (Fsp3) is 0.455. The van der Waals surface area contributed by atoms with Crippen molar-refractivity contribution in [3.63, 3.8) is 0 Å². The number of amides is 3. The van der Waals surface area contributed by atoms with Crippen molar-refractivity contribution in [2.45, 2.75) is 38.5 Å². The molecule has 5 nitrogen and oxygen atoms in total. The highest BCUT2D eigenvalue weighted by atomic mass is 16.2. The van der Waals surface area contributed by atoms with Gasteiger partial charge >= 0.3 is 6.03 Å². The van der Waals surface area contributed by atoms with Crippen LogP contribution >= 0.6 is 0 Å². The lowest BCUT2D eigenvalue weighted by Gasteiger charge is -2.23. The lowest BCUT2D eigenvalue weighted by molar-refractivity contribution is -0.886. The monoisotopic (exact) mass is 368 g/mol. The lowest BCUT2D eigenvalue weighted by atomic mass is 9.97. The molecule has 0 saturated carbocycles. The van der Waals surface area contributed by atoms with Gasteiger partial charge in [-0.25, -0.2) is 4.79 Å². The number of carbonyl (C=O) groups excluding carboxylic acids is 2. The van der Waals surface area contributed by atoms with E-state index in [9.17, 15) is 9.59 Å². The van der Waals surface area contributed by atoms with Crippen LogP contribution in [-0.4, -0.2) is 38.1 Å². The molecule has 1 aromatic rings. The van der Waals surface area contributed by atoms with Crippen LogP contribution in [0, 0.1) is 0 Å². The molecule has 0 spiro atoms. The van der Waals surface area contributed by atoms with E-state index in [0.29, 0.717) is 13.1 Å². The van der Waals surface area contributed by atoms with Gasteiger partial charge in [-0.15, -0.1) is 0 Å². The van der Waals surface area contributed by atoms with Gasteiger partial charge in [0.15, 0.2) is 6.54 Å². The summed E-state index contributed by atoms with van der Waals surface area (Å²) in [7, 11) is 0. The van der Waals surface area contributed by atoms with E-state index in [1.807, 2.05) is 18.2 Å². The van der Waals surface area contributed by atoms with Crippen LogP contribution in [0.15, 0.2) is 48.1 Å². The van der Waals surface area contributed by atoms with Crippen molar-refractivity contribution in [1.29, 1.82) is 0 Å². The summed E-state index contributed by atoms with van der Waals surface area (Å²) in [6.07, 6.45) is 11.1. The third-order valence-electron chi connectivity index (χ3n) is 5.31. The Morgan fingerprint density at radius 3 is 2.59 bits per heavy atom. The standard InChI is InChI=1S/C22H29N3O2/c26-21(24-22(27)23-14-11-18-7-3-1-4-8-18)17-25-15-12-20(13-16-25)19-9-5-2-6-10-19/h2,5-7,9-10,12H,1,3-4,8,11,13-17H2,(H2,23,24,26,27)/p+1. The van der Waals surface area contributed by atoms with Gasteiger partial charge in [0.2, 0.25) is 0 Å². The van der Waals surface area contributed by atoms with Gasteiger partial charge in [-0.05, 0) is 49.3 Å².